The Bertz CT molecular complexity index is 523. The van der Waals surface area contributed by atoms with Gasteiger partial charge in [-0.25, -0.2) is 0 Å². The third-order valence-electron chi connectivity index (χ3n) is 2.68. The maximum Gasteiger partial charge on any atom is 0.0325 e. The molecule has 0 bridgehead atoms. The molecule has 0 unspecified atom stereocenters. The predicted octanol–water partition coefficient (Wildman–Crippen LogP) is 4.35. The van der Waals surface area contributed by atoms with Crippen LogP contribution in [0.15, 0.2) is 46.2 Å². The first kappa shape index (κ1) is 12.1. The first-order chi connectivity index (χ1) is 8.06. The summed E-state index contributed by atoms with van der Waals surface area (Å²) in [6.45, 7) is 6.46. The second-order valence-corrected chi connectivity index (χ2v) is 5.49. The van der Waals surface area contributed by atoms with Gasteiger partial charge in [-0.3, -0.25) is 0 Å². The van der Waals surface area contributed by atoms with Gasteiger partial charge < -0.3 is 5.73 Å². The first-order valence-electron chi connectivity index (χ1n) is 5.67. The zero-order valence-electron chi connectivity index (χ0n) is 10.4. The fourth-order valence-electron chi connectivity index (χ4n) is 2.02. The average molecular weight is 243 g/mol. The van der Waals surface area contributed by atoms with E-state index in [1.807, 2.05) is 18.2 Å². The van der Waals surface area contributed by atoms with Crippen LogP contribution in [0.2, 0.25) is 0 Å². The predicted molar refractivity (Wildman–Crippen MR) is 75.6 cm³/mol. The Morgan fingerprint density at radius 2 is 1.59 bits per heavy atom. The molecule has 1 nitrogen and oxygen atoms in total. The molecule has 2 aromatic rings. The van der Waals surface area contributed by atoms with E-state index < -0.39 is 0 Å². The van der Waals surface area contributed by atoms with Crippen LogP contribution in [-0.4, -0.2) is 0 Å². The van der Waals surface area contributed by atoms with Gasteiger partial charge in [0.05, 0.1) is 0 Å². The SMILES string of the molecule is Cc1cc(C)c(Sc2cccc(N)c2)c(C)c1. The van der Waals surface area contributed by atoms with Crippen molar-refractivity contribution >= 4 is 17.4 Å². The van der Waals surface area contributed by atoms with Gasteiger partial charge in [0.2, 0.25) is 0 Å². The summed E-state index contributed by atoms with van der Waals surface area (Å²) in [5.41, 5.74) is 10.6. The summed E-state index contributed by atoms with van der Waals surface area (Å²) in [6.07, 6.45) is 0. The standard InChI is InChI=1S/C15H17NS/c1-10-7-11(2)15(12(3)8-10)17-14-6-4-5-13(16)9-14/h4-9H,16H2,1-3H3. The highest BCUT2D eigenvalue weighted by molar-refractivity contribution is 7.99. The van der Waals surface area contributed by atoms with Crippen LogP contribution in [0.4, 0.5) is 5.69 Å². The molecule has 2 rings (SSSR count). The normalized spacial score (nSPS) is 10.5. The van der Waals surface area contributed by atoms with Crippen molar-refractivity contribution in [1.82, 2.24) is 0 Å². The van der Waals surface area contributed by atoms with Gasteiger partial charge in [-0.15, -0.1) is 0 Å². The molecule has 0 spiro atoms. The molecule has 2 aromatic carbocycles. The molecule has 17 heavy (non-hydrogen) atoms. The lowest BCUT2D eigenvalue weighted by Gasteiger charge is -2.11. The maximum absolute atomic E-state index is 5.80. The number of rotatable bonds is 2. The van der Waals surface area contributed by atoms with Crippen LogP contribution in [0, 0.1) is 20.8 Å². The molecule has 0 atom stereocenters. The van der Waals surface area contributed by atoms with Crippen LogP contribution >= 0.6 is 11.8 Å². The Labute approximate surface area is 107 Å². The van der Waals surface area contributed by atoms with Crippen LogP contribution in [-0.2, 0) is 0 Å². The third-order valence-corrected chi connectivity index (χ3v) is 4.02. The van der Waals surface area contributed by atoms with Crippen molar-refractivity contribution in [3.8, 4) is 0 Å². The highest BCUT2D eigenvalue weighted by Crippen LogP contribution is 2.34. The lowest BCUT2D eigenvalue weighted by molar-refractivity contribution is 1.19. The Balaban J connectivity index is 2.36. The second-order valence-electron chi connectivity index (χ2n) is 4.40. The van der Waals surface area contributed by atoms with Crippen LogP contribution in [0.1, 0.15) is 16.7 Å². The molecule has 88 valence electrons. The molecule has 0 aliphatic rings. The molecule has 0 saturated carbocycles. The first-order valence-corrected chi connectivity index (χ1v) is 6.49. The molecule has 0 fully saturated rings. The number of benzene rings is 2. The zero-order valence-corrected chi connectivity index (χ0v) is 11.3. The molecule has 0 saturated heterocycles. The number of aryl methyl sites for hydroxylation is 3. The van der Waals surface area contributed by atoms with Gasteiger partial charge >= 0.3 is 0 Å². The van der Waals surface area contributed by atoms with E-state index in [2.05, 4.69) is 39.0 Å². The van der Waals surface area contributed by atoms with Crippen molar-refractivity contribution in [2.45, 2.75) is 30.6 Å². The summed E-state index contributed by atoms with van der Waals surface area (Å²) in [5, 5.41) is 0. The minimum atomic E-state index is 0.817. The van der Waals surface area contributed by atoms with E-state index in [-0.39, 0.29) is 0 Å². The highest BCUT2D eigenvalue weighted by atomic mass is 32.2. The zero-order chi connectivity index (χ0) is 12.4. The topological polar surface area (TPSA) is 26.0 Å². The lowest BCUT2D eigenvalue weighted by atomic mass is 10.1. The number of hydrogen-bond donors (Lipinski definition) is 1. The van der Waals surface area contributed by atoms with E-state index >= 15 is 0 Å². The molecule has 2 heteroatoms. The van der Waals surface area contributed by atoms with Gasteiger partial charge in [-0.1, -0.05) is 35.5 Å². The Kier molecular flexibility index (Phi) is 3.43. The molecule has 0 aromatic heterocycles. The minimum Gasteiger partial charge on any atom is -0.399 e. The smallest absolute Gasteiger partial charge is 0.0325 e. The second kappa shape index (κ2) is 4.84. The van der Waals surface area contributed by atoms with Crippen LogP contribution in [0.3, 0.4) is 0 Å². The fourth-order valence-corrected chi connectivity index (χ4v) is 3.04. The number of anilines is 1. The number of nitrogens with two attached hydrogens (primary N) is 1. The molecule has 0 radical (unpaired) electrons. The Hall–Kier alpha value is -1.41. The van der Waals surface area contributed by atoms with Crippen LogP contribution < -0.4 is 5.73 Å². The molecule has 0 heterocycles. The summed E-state index contributed by atoms with van der Waals surface area (Å²) in [6, 6.07) is 12.5. The molecule has 2 N–H and O–H groups in total. The van der Waals surface area contributed by atoms with E-state index in [4.69, 9.17) is 5.73 Å². The van der Waals surface area contributed by atoms with Gasteiger partial charge in [-0.2, -0.15) is 0 Å². The average Bonchev–Trinajstić information content (AvgIpc) is 2.23. The molecule has 0 aliphatic heterocycles. The van der Waals surface area contributed by atoms with E-state index in [0.717, 1.165) is 5.69 Å². The minimum absolute atomic E-state index is 0.817. The van der Waals surface area contributed by atoms with Crippen molar-refractivity contribution in [1.29, 1.82) is 0 Å². The van der Waals surface area contributed by atoms with E-state index in [9.17, 15) is 0 Å². The number of nitrogen functional groups attached to an aromatic ring is 1. The summed E-state index contributed by atoms with van der Waals surface area (Å²) >= 11 is 1.78. The fraction of sp³-hybridized carbons (Fsp3) is 0.200. The van der Waals surface area contributed by atoms with Crippen LogP contribution in [0.5, 0.6) is 0 Å². The third kappa shape index (κ3) is 2.83. The van der Waals surface area contributed by atoms with Gasteiger partial charge in [0.15, 0.2) is 0 Å². The van der Waals surface area contributed by atoms with Gasteiger partial charge in [0.1, 0.15) is 0 Å². The quantitative estimate of drug-likeness (QED) is 0.794. The molecule has 0 aliphatic carbocycles. The Morgan fingerprint density at radius 3 is 2.18 bits per heavy atom. The van der Waals surface area contributed by atoms with Crippen molar-refractivity contribution in [3.05, 3.63) is 53.1 Å². The lowest BCUT2D eigenvalue weighted by Crippen LogP contribution is -1.88. The van der Waals surface area contributed by atoms with Crippen molar-refractivity contribution < 1.29 is 0 Å². The molecular weight excluding hydrogens is 226 g/mol. The van der Waals surface area contributed by atoms with Crippen molar-refractivity contribution in [2.24, 2.45) is 0 Å². The van der Waals surface area contributed by atoms with E-state index in [1.54, 1.807) is 11.8 Å². The summed E-state index contributed by atoms with van der Waals surface area (Å²) in [5.74, 6) is 0. The Morgan fingerprint density at radius 1 is 0.941 bits per heavy atom. The molecular formula is C15H17NS. The largest absolute Gasteiger partial charge is 0.399 e. The summed E-state index contributed by atoms with van der Waals surface area (Å²) in [4.78, 5) is 2.53. The van der Waals surface area contributed by atoms with Gasteiger partial charge in [0.25, 0.3) is 0 Å². The van der Waals surface area contributed by atoms with Crippen molar-refractivity contribution in [3.63, 3.8) is 0 Å². The van der Waals surface area contributed by atoms with Gasteiger partial charge in [-0.05, 0) is 50.1 Å². The maximum atomic E-state index is 5.80. The van der Waals surface area contributed by atoms with E-state index in [1.165, 1.54) is 26.5 Å². The van der Waals surface area contributed by atoms with E-state index in [0.29, 0.717) is 0 Å². The summed E-state index contributed by atoms with van der Waals surface area (Å²) in [7, 11) is 0. The van der Waals surface area contributed by atoms with Crippen molar-refractivity contribution in [2.75, 3.05) is 5.73 Å². The van der Waals surface area contributed by atoms with Gasteiger partial charge in [0, 0.05) is 15.5 Å². The monoisotopic (exact) mass is 243 g/mol. The number of hydrogen-bond acceptors (Lipinski definition) is 2. The highest BCUT2D eigenvalue weighted by Gasteiger charge is 2.06. The molecule has 0 amide bonds. The summed E-state index contributed by atoms with van der Waals surface area (Å²) < 4.78 is 0. The van der Waals surface area contributed by atoms with Crippen LogP contribution in [0.25, 0.3) is 0 Å².